The second kappa shape index (κ2) is 7.77. The fraction of sp³-hybridized carbons (Fsp3) is 0.0556. The first-order valence-corrected chi connectivity index (χ1v) is 8.55. The summed E-state index contributed by atoms with van der Waals surface area (Å²) < 4.78 is 39.7. The average molecular weight is 408 g/mol. The molecule has 2 N–H and O–H groups in total. The molecule has 28 heavy (non-hydrogen) atoms. The van der Waals surface area contributed by atoms with Gasteiger partial charge in [0.2, 0.25) is 5.91 Å². The molecule has 1 aliphatic rings. The number of nitrogens with zero attached hydrogens (tertiary/aromatic N) is 1. The van der Waals surface area contributed by atoms with Gasteiger partial charge in [-0.2, -0.15) is 0 Å². The van der Waals surface area contributed by atoms with Crippen LogP contribution in [0.5, 0.6) is 5.75 Å². The lowest BCUT2D eigenvalue weighted by molar-refractivity contribution is -0.127. The maximum atomic E-state index is 13.6. The van der Waals surface area contributed by atoms with Crippen LogP contribution in [-0.2, 0) is 9.59 Å². The first-order valence-electron chi connectivity index (χ1n) is 7.74. The molecule has 1 heterocycles. The smallest absolute Gasteiger partial charge is 0.294 e. The highest BCUT2D eigenvalue weighted by Crippen LogP contribution is 2.32. The van der Waals surface area contributed by atoms with Crippen LogP contribution in [0.25, 0.3) is 6.08 Å². The standard InChI is InChI=1S/C18H11F3N2O4S/c19-11-5-6-12(16(21)15(11)20)22-14(25)8-23-17(26)13(28-18(23)27)7-9-1-3-10(24)4-2-9/h1-7,24H,8H2,(H,22,25)/b13-7+. The van der Waals surface area contributed by atoms with Crippen LogP contribution >= 0.6 is 11.8 Å². The second-order valence-electron chi connectivity index (χ2n) is 5.63. The zero-order chi connectivity index (χ0) is 20.4. The predicted molar refractivity (Wildman–Crippen MR) is 95.7 cm³/mol. The van der Waals surface area contributed by atoms with Crippen LogP contribution in [0.2, 0.25) is 0 Å². The van der Waals surface area contributed by atoms with Crippen LogP contribution < -0.4 is 5.32 Å². The lowest BCUT2D eigenvalue weighted by Crippen LogP contribution is -2.36. The van der Waals surface area contributed by atoms with E-state index < -0.39 is 46.7 Å². The number of thioether (sulfide) groups is 1. The van der Waals surface area contributed by atoms with Gasteiger partial charge in [0.25, 0.3) is 11.1 Å². The molecule has 0 atom stereocenters. The minimum absolute atomic E-state index is 0.0337. The Morgan fingerprint density at radius 3 is 2.43 bits per heavy atom. The number of amides is 3. The summed E-state index contributed by atoms with van der Waals surface area (Å²) in [5.41, 5.74) is -0.0629. The van der Waals surface area contributed by atoms with Crippen molar-refractivity contribution in [3.8, 4) is 5.75 Å². The number of anilines is 1. The number of carbonyl (C=O) groups excluding carboxylic acids is 3. The lowest BCUT2D eigenvalue weighted by atomic mass is 10.2. The van der Waals surface area contributed by atoms with Gasteiger partial charge in [-0.05, 0) is 47.7 Å². The molecule has 3 rings (SSSR count). The zero-order valence-corrected chi connectivity index (χ0v) is 14.7. The molecule has 0 unspecified atom stereocenters. The van der Waals surface area contributed by atoms with Crippen molar-refractivity contribution in [3.63, 3.8) is 0 Å². The number of hydrogen-bond acceptors (Lipinski definition) is 5. The number of rotatable bonds is 4. The fourth-order valence-corrected chi connectivity index (χ4v) is 3.15. The van der Waals surface area contributed by atoms with Gasteiger partial charge in [-0.25, -0.2) is 13.2 Å². The SMILES string of the molecule is O=C(CN1C(=O)S/C(=C/c2ccc(O)cc2)C1=O)Nc1ccc(F)c(F)c1F. The maximum Gasteiger partial charge on any atom is 0.294 e. The van der Waals surface area contributed by atoms with Crippen molar-refractivity contribution in [1.29, 1.82) is 0 Å². The Labute approximate surface area is 160 Å². The molecule has 0 saturated carbocycles. The third-order valence-electron chi connectivity index (χ3n) is 3.68. The van der Waals surface area contributed by atoms with Crippen LogP contribution in [0, 0.1) is 17.5 Å². The lowest BCUT2D eigenvalue weighted by Gasteiger charge is -2.13. The third kappa shape index (κ3) is 4.01. The van der Waals surface area contributed by atoms with Crippen LogP contribution in [0.15, 0.2) is 41.3 Å². The van der Waals surface area contributed by atoms with Crippen molar-refractivity contribution in [2.45, 2.75) is 0 Å². The van der Waals surface area contributed by atoms with E-state index in [1.807, 2.05) is 5.32 Å². The summed E-state index contributed by atoms with van der Waals surface area (Å²) in [6, 6.07) is 7.32. The number of hydrogen-bond donors (Lipinski definition) is 2. The number of phenols is 1. The monoisotopic (exact) mass is 408 g/mol. The summed E-state index contributed by atoms with van der Waals surface area (Å²) >= 11 is 0.609. The highest BCUT2D eigenvalue weighted by molar-refractivity contribution is 8.18. The van der Waals surface area contributed by atoms with E-state index in [0.29, 0.717) is 28.3 Å². The molecule has 0 aliphatic carbocycles. The maximum absolute atomic E-state index is 13.6. The van der Waals surface area contributed by atoms with Crippen LogP contribution in [-0.4, -0.2) is 33.6 Å². The van der Waals surface area contributed by atoms with Crippen molar-refractivity contribution in [3.05, 3.63) is 64.3 Å². The Morgan fingerprint density at radius 1 is 1.07 bits per heavy atom. The largest absolute Gasteiger partial charge is 0.508 e. The molecular formula is C18H11F3N2O4S. The fourth-order valence-electron chi connectivity index (χ4n) is 2.31. The first-order chi connectivity index (χ1) is 13.3. The van der Waals surface area contributed by atoms with Gasteiger partial charge in [0.05, 0.1) is 10.6 Å². The molecule has 0 radical (unpaired) electrons. The van der Waals surface area contributed by atoms with Crippen molar-refractivity contribution < 1.29 is 32.7 Å². The summed E-state index contributed by atoms with van der Waals surface area (Å²) in [5, 5.41) is 10.5. The minimum atomic E-state index is -1.75. The first kappa shape index (κ1) is 19.5. The molecule has 1 fully saturated rings. The number of benzene rings is 2. The van der Waals surface area contributed by atoms with Gasteiger partial charge in [-0.15, -0.1) is 0 Å². The van der Waals surface area contributed by atoms with Crippen molar-refractivity contribution in [2.24, 2.45) is 0 Å². The Morgan fingerprint density at radius 2 is 1.75 bits per heavy atom. The topological polar surface area (TPSA) is 86.7 Å². The molecule has 0 spiro atoms. The summed E-state index contributed by atoms with van der Waals surface area (Å²) in [6.07, 6.45) is 1.41. The van der Waals surface area contributed by atoms with Crippen LogP contribution in [0.3, 0.4) is 0 Å². The highest BCUT2D eigenvalue weighted by Gasteiger charge is 2.36. The number of nitrogens with one attached hydrogen (secondary N) is 1. The van der Waals surface area contributed by atoms with Crippen molar-refractivity contribution in [2.75, 3.05) is 11.9 Å². The van der Waals surface area contributed by atoms with Crippen LogP contribution in [0.1, 0.15) is 5.56 Å². The molecule has 0 bridgehead atoms. The van der Waals surface area contributed by atoms with Crippen LogP contribution in [0.4, 0.5) is 23.7 Å². The number of aromatic hydroxyl groups is 1. The van der Waals surface area contributed by atoms with E-state index in [4.69, 9.17) is 0 Å². The summed E-state index contributed by atoms with van der Waals surface area (Å²) in [4.78, 5) is 37.1. The molecule has 1 aliphatic heterocycles. The molecule has 2 aromatic carbocycles. The molecule has 2 aromatic rings. The van der Waals surface area contributed by atoms with E-state index in [0.717, 1.165) is 6.07 Å². The average Bonchev–Trinajstić information content (AvgIpc) is 2.91. The summed E-state index contributed by atoms with van der Waals surface area (Å²) in [6.45, 7) is -0.726. The number of halogens is 3. The molecule has 10 heteroatoms. The van der Waals surface area contributed by atoms with E-state index >= 15 is 0 Å². The third-order valence-corrected chi connectivity index (χ3v) is 4.58. The molecule has 0 aromatic heterocycles. The number of phenolic OH excluding ortho intramolecular Hbond substituents is 1. The molecule has 144 valence electrons. The highest BCUT2D eigenvalue weighted by atomic mass is 32.2. The zero-order valence-electron chi connectivity index (χ0n) is 13.9. The van der Waals surface area contributed by atoms with Gasteiger partial charge in [-0.1, -0.05) is 12.1 Å². The van der Waals surface area contributed by atoms with Crippen molar-refractivity contribution in [1.82, 2.24) is 4.90 Å². The van der Waals surface area contributed by atoms with E-state index in [9.17, 15) is 32.7 Å². The molecule has 1 saturated heterocycles. The Hall–Kier alpha value is -3.27. The number of imide groups is 1. The Balaban J connectivity index is 1.71. The predicted octanol–water partition coefficient (Wildman–Crippen LogP) is 3.48. The Bertz CT molecular complexity index is 1010. The van der Waals surface area contributed by atoms with E-state index in [-0.39, 0.29) is 10.7 Å². The van der Waals surface area contributed by atoms with Gasteiger partial charge in [-0.3, -0.25) is 19.3 Å². The van der Waals surface area contributed by atoms with Crippen molar-refractivity contribution >= 4 is 40.6 Å². The molecule has 6 nitrogen and oxygen atoms in total. The van der Waals surface area contributed by atoms with Gasteiger partial charge in [0.1, 0.15) is 12.3 Å². The quantitative estimate of drug-likeness (QED) is 0.598. The van der Waals surface area contributed by atoms with E-state index in [2.05, 4.69) is 0 Å². The summed E-state index contributed by atoms with van der Waals surface area (Å²) in [7, 11) is 0. The molecule has 3 amide bonds. The normalized spacial score (nSPS) is 15.4. The van der Waals surface area contributed by atoms with Gasteiger partial charge in [0, 0.05) is 0 Å². The minimum Gasteiger partial charge on any atom is -0.508 e. The van der Waals surface area contributed by atoms with E-state index in [1.54, 1.807) is 0 Å². The van der Waals surface area contributed by atoms with Gasteiger partial charge < -0.3 is 10.4 Å². The molecular weight excluding hydrogens is 397 g/mol. The van der Waals surface area contributed by atoms with Gasteiger partial charge >= 0.3 is 0 Å². The van der Waals surface area contributed by atoms with Gasteiger partial charge in [0.15, 0.2) is 17.5 Å². The Kier molecular flexibility index (Phi) is 5.41. The second-order valence-corrected chi connectivity index (χ2v) is 6.62. The van der Waals surface area contributed by atoms with E-state index in [1.165, 1.54) is 30.3 Å². The number of carbonyl (C=O) groups is 3. The summed E-state index contributed by atoms with van der Waals surface area (Å²) in [5.74, 6) is -6.41.